The van der Waals surface area contributed by atoms with E-state index in [1.165, 1.54) is 0 Å². The van der Waals surface area contributed by atoms with Crippen LogP contribution in [0.3, 0.4) is 0 Å². The van der Waals surface area contributed by atoms with E-state index in [4.69, 9.17) is 0 Å². The molecule has 0 radical (unpaired) electrons. The number of allylic oxidation sites excluding steroid dienone is 2. The van der Waals surface area contributed by atoms with Crippen LogP contribution in [-0.2, 0) is 4.79 Å². The summed E-state index contributed by atoms with van der Waals surface area (Å²) >= 11 is 0. The Labute approximate surface area is 133 Å². The van der Waals surface area contributed by atoms with Crippen LogP contribution in [-0.4, -0.2) is 22.8 Å². The summed E-state index contributed by atoms with van der Waals surface area (Å²) < 4.78 is 126. The standard InChI is InChI=1S/C15H5F9O/c16-6-4(7(17)9(19)10(20)8(6)18)5-11(21)13(22)1-3-2-14(23,12(13)25)15(3,5)24/h3H,1-2H2/t3-,13+,14+,15-/m0/s1. The normalized spacial score (nSPS) is 39.1. The van der Waals surface area contributed by atoms with Gasteiger partial charge in [-0.3, -0.25) is 4.79 Å². The molecule has 10 heteroatoms. The molecule has 1 aromatic rings. The Morgan fingerprint density at radius 3 is 1.76 bits per heavy atom. The van der Waals surface area contributed by atoms with Gasteiger partial charge in [-0.1, -0.05) is 0 Å². The Bertz CT molecular complexity index is 880. The molecular formula is C15H5F9O. The first-order chi connectivity index (χ1) is 11.4. The molecule has 4 bridgehead atoms. The Kier molecular flexibility index (Phi) is 2.77. The van der Waals surface area contributed by atoms with Crippen molar-refractivity contribution < 1.29 is 44.3 Å². The lowest BCUT2D eigenvalue weighted by Crippen LogP contribution is -2.80. The first-order valence-electron chi connectivity index (χ1n) is 6.97. The van der Waals surface area contributed by atoms with Crippen LogP contribution in [0.25, 0.3) is 5.57 Å². The predicted octanol–water partition coefficient (Wildman–Crippen LogP) is 4.19. The van der Waals surface area contributed by atoms with Gasteiger partial charge < -0.3 is 0 Å². The van der Waals surface area contributed by atoms with Crippen LogP contribution in [0.2, 0.25) is 0 Å². The Balaban J connectivity index is 2.12. The van der Waals surface area contributed by atoms with Crippen LogP contribution in [0.4, 0.5) is 39.5 Å². The number of carbonyl (C=O) groups is 1. The SMILES string of the molecule is O=C1[C@@]2(F)C[C@H]3C[C@]1(F)[C@@]3(F)C(c1c(F)c(F)c(F)c(F)c1F)=C2F. The molecule has 0 spiro atoms. The minimum absolute atomic E-state index is 0.875. The maximum Gasteiger partial charge on any atom is 0.223 e. The van der Waals surface area contributed by atoms with Crippen LogP contribution in [0.5, 0.6) is 0 Å². The molecular weight excluding hydrogens is 367 g/mol. The fourth-order valence-electron chi connectivity index (χ4n) is 4.10. The van der Waals surface area contributed by atoms with Gasteiger partial charge in [0.25, 0.3) is 0 Å². The van der Waals surface area contributed by atoms with Crippen LogP contribution < -0.4 is 0 Å². The van der Waals surface area contributed by atoms with Crippen molar-refractivity contribution in [2.75, 3.05) is 0 Å². The van der Waals surface area contributed by atoms with Crippen molar-refractivity contribution in [2.24, 2.45) is 5.92 Å². The zero-order chi connectivity index (χ0) is 18.7. The third-order valence-electron chi connectivity index (χ3n) is 5.31. The molecule has 0 aliphatic heterocycles. The number of hydrogen-bond acceptors (Lipinski definition) is 1. The highest BCUT2D eigenvalue weighted by molar-refractivity contribution is 6.09. The number of hydrogen-bond donors (Lipinski definition) is 0. The lowest BCUT2D eigenvalue weighted by atomic mass is 9.42. The Hall–Kier alpha value is -2.00. The van der Waals surface area contributed by atoms with Crippen molar-refractivity contribution in [3.63, 3.8) is 0 Å². The second-order valence-electron chi connectivity index (χ2n) is 6.38. The van der Waals surface area contributed by atoms with E-state index in [-0.39, 0.29) is 0 Å². The van der Waals surface area contributed by atoms with Gasteiger partial charge in [0.1, 0.15) is 0 Å². The number of Topliss-reactive ketones (excluding diaryl/α,β-unsaturated/α-hetero) is 1. The second kappa shape index (κ2) is 4.21. The molecule has 5 aliphatic rings. The van der Waals surface area contributed by atoms with Crippen molar-refractivity contribution in [2.45, 2.75) is 29.8 Å². The van der Waals surface area contributed by atoms with E-state index in [9.17, 15) is 39.9 Å². The van der Waals surface area contributed by atoms with E-state index in [2.05, 4.69) is 0 Å². The van der Waals surface area contributed by atoms with E-state index >= 15 is 4.39 Å². The quantitative estimate of drug-likeness (QED) is 0.411. The topological polar surface area (TPSA) is 17.1 Å². The molecule has 3 saturated carbocycles. The van der Waals surface area contributed by atoms with Crippen molar-refractivity contribution in [3.8, 4) is 0 Å². The summed E-state index contributed by atoms with van der Waals surface area (Å²) in [5, 5.41) is 0. The van der Waals surface area contributed by atoms with Gasteiger partial charge in [-0.25, -0.2) is 39.5 Å². The van der Waals surface area contributed by atoms with E-state index in [1.54, 1.807) is 0 Å². The monoisotopic (exact) mass is 372 g/mol. The summed E-state index contributed by atoms with van der Waals surface area (Å²) in [6.07, 6.45) is -1.99. The van der Waals surface area contributed by atoms with Crippen molar-refractivity contribution >= 4 is 11.4 Å². The molecule has 0 N–H and O–H groups in total. The van der Waals surface area contributed by atoms with Crippen LogP contribution in [0.1, 0.15) is 18.4 Å². The fourth-order valence-corrected chi connectivity index (χ4v) is 4.10. The maximum absolute atomic E-state index is 15.2. The number of rotatable bonds is 1. The molecule has 0 saturated heterocycles. The number of alkyl halides is 3. The zero-order valence-corrected chi connectivity index (χ0v) is 11.8. The third-order valence-corrected chi connectivity index (χ3v) is 5.31. The average Bonchev–Trinajstić information content (AvgIpc) is 2.57. The molecule has 1 nitrogen and oxygen atoms in total. The molecule has 0 amide bonds. The summed E-state index contributed by atoms with van der Waals surface area (Å²) in [5.41, 5.74) is -15.1. The lowest BCUT2D eigenvalue weighted by molar-refractivity contribution is -0.212. The van der Waals surface area contributed by atoms with Gasteiger partial charge in [-0.05, 0) is 6.42 Å². The van der Waals surface area contributed by atoms with Gasteiger partial charge in [-0.15, -0.1) is 0 Å². The highest BCUT2D eigenvalue weighted by Gasteiger charge is 2.86. The zero-order valence-electron chi connectivity index (χ0n) is 11.8. The lowest BCUT2D eigenvalue weighted by Gasteiger charge is -2.64. The molecule has 134 valence electrons. The smallest absolute Gasteiger partial charge is 0.223 e. The van der Waals surface area contributed by atoms with E-state index in [0.717, 1.165) is 0 Å². The molecule has 5 aliphatic carbocycles. The largest absolute Gasteiger partial charge is 0.292 e. The van der Waals surface area contributed by atoms with Gasteiger partial charge in [0, 0.05) is 17.9 Å². The molecule has 0 aromatic heterocycles. The van der Waals surface area contributed by atoms with Gasteiger partial charge in [-0.2, -0.15) is 0 Å². The van der Waals surface area contributed by atoms with Gasteiger partial charge >= 0.3 is 0 Å². The molecule has 4 atom stereocenters. The molecule has 25 heavy (non-hydrogen) atoms. The van der Waals surface area contributed by atoms with Gasteiger partial charge in [0.2, 0.25) is 22.9 Å². The number of carbonyl (C=O) groups excluding carboxylic acids is 1. The third kappa shape index (κ3) is 1.41. The van der Waals surface area contributed by atoms with E-state index < -0.39 is 87.6 Å². The number of ketones is 1. The summed E-state index contributed by atoms with van der Waals surface area (Å²) in [7, 11) is 0. The van der Waals surface area contributed by atoms with Crippen LogP contribution in [0.15, 0.2) is 5.83 Å². The molecule has 1 aromatic carbocycles. The minimum Gasteiger partial charge on any atom is -0.292 e. The summed E-state index contributed by atoms with van der Waals surface area (Å²) in [4.78, 5) is 11.8. The molecule has 0 heterocycles. The van der Waals surface area contributed by atoms with Crippen molar-refractivity contribution in [1.29, 1.82) is 0 Å². The average molecular weight is 372 g/mol. The molecule has 3 fully saturated rings. The number of halogens is 9. The summed E-state index contributed by atoms with van der Waals surface area (Å²) in [5.74, 6) is -19.1. The van der Waals surface area contributed by atoms with E-state index in [1.807, 2.05) is 0 Å². The maximum atomic E-state index is 15.2. The fraction of sp³-hybridized carbons (Fsp3) is 0.400. The van der Waals surface area contributed by atoms with Crippen molar-refractivity contribution in [3.05, 3.63) is 40.5 Å². The van der Waals surface area contributed by atoms with Crippen LogP contribution >= 0.6 is 0 Å². The highest BCUT2D eigenvalue weighted by atomic mass is 19.2. The Morgan fingerprint density at radius 1 is 0.760 bits per heavy atom. The van der Waals surface area contributed by atoms with Gasteiger partial charge in [0.05, 0.1) is 5.56 Å². The first-order valence-corrected chi connectivity index (χ1v) is 6.97. The summed E-state index contributed by atoms with van der Waals surface area (Å²) in [6, 6.07) is 0. The number of benzene rings is 1. The highest BCUT2D eigenvalue weighted by Crippen LogP contribution is 2.73. The summed E-state index contributed by atoms with van der Waals surface area (Å²) in [6.45, 7) is 0. The molecule has 6 rings (SSSR count). The first kappa shape index (κ1) is 16.5. The van der Waals surface area contributed by atoms with E-state index in [0.29, 0.717) is 0 Å². The predicted molar refractivity (Wildman–Crippen MR) is 63.5 cm³/mol. The minimum atomic E-state index is -3.71. The Morgan fingerprint density at radius 2 is 1.24 bits per heavy atom. The second-order valence-corrected chi connectivity index (χ2v) is 6.38. The van der Waals surface area contributed by atoms with Gasteiger partial charge in [0.15, 0.2) is 34.8 Å². The van der Waals surface area contributed by atoms with Crippen molar-refractivity contribution in [1.82, 2.24) is 0 Å². The van der Waals surface area contributed by atoms with Crippen LogP contribution in [0, 0.1) is 35.0 Å². The molecule has 0 unspecified atom stereocenters.